The summed E-state index contributed by atoms with van der Waals surface area (Å²) in [6, 6.07) is 14.6. The van der Waals surface area contributed by atoms with Crippen LogP contribution in [0.2, 0.25) is 10.0 Å². The van der Waals surface area contributed by atoms with Crippen molar-refractivity contribution in [3.05, 3.63) is 69.7 Å². The lowest BCUT2D eigenvalue weighted by Gasteiger charge is -2.31. The average molecular weight is 447 g/mol. The van der Waals surface area contributed by atoms with Gasteiger partial charge in [-0.2, -0.15) is 0 Å². The van der Waals surface area contributed by atoms with Gasteiger partial charge in [-0.25, -0.2) is 0 Å². The smallest absolute Gasteiger partial charge is 0.242 e. The molecule has 0 radical (unpaired) electrons. The van der Waals surface area contributed by atoms with E-state index in [0.29, 0.717) is 16.6 Å². The van der Waals surface area contributed by atoms with Crippen molar-refractivity contribution < 1.29 is 9.59 Å². The summed E-state index contributed by atoms with van der Waals surface area (Å²) >= 11 is 12.1. The van der Waals surface area contributed by atoms with Crippen molar-refractivity contribution in [2.24, 2.45) is 0 Å². The first-order valence-electron chi connectivity index (χ1n) is 10.5. The van der Waals surface area contributed by atoms with Gasteiger partial charge < -0.3 is 10.2 Å². The number of nitrogens with zero attached hydrogens (tertiary/aromatic N) is 1. The second kappa shape index (κ2) is 10.8. The van der Waals surface area contributed by atoms with Crippen LogP contribution in [0.4, 0.5) is 0 Å². The highest BCUT2D eigenvalue weighted by Gasteiger charge is 2.28. The topological polar surface area (TPSA) is 49.4 Å². The summed E-state index contributed by atoms with van der Waals surface area (Å²) in [5.74, 6) is -0.219. The SMILES string of the molecule is CC(C(=O)NC1CCCCC1)N(Cc1ccccc1)C(=O)Cc1ccc(Cl)c(Cl)c1. The van der Waals surface area contributed by atoms with Crippen molar-refractivity contribution in [1.82, 2.24) is 10.2 Å². The number of carbonyl (C=O) groups excluding carboxylic acids is 2. The Hall–Kier alpha value is -2.04. The summed E-state index contributed by atoms with van der Waals surface area (Å²) in [6.45, 7) is 2.17. The highest BCUT2D eigenvalue weighted by molar-refractivity contribution is 6.42. The maximum atomic E-state index is 13.2. The molecule has 4 nitrogen and oxygen atoms in total. The minimum absolute atomic E-state index is 0.0969. The Morgan fingerprint density at radius 3 is 2.37 bits per heavy atom. The summed E-state index contributed by atoms with van der Waals surface area (Å²) in [5, 5.41) is 4.02. The van der Waals surface area contributed by atoms with E-state index >= 15 is 0 Å². The van der Waals surface area contributed by atoms with Crippen LogP contribution < -0.4 is 5.32 Å². The van der Waals surface area contributed by atoms with E-state index in [0.717, 1.165) is 36.8 Å². The lowest BCUT2D eigenvalue weighted by molar-refractivity contribution is -0.140. The summed E-state index contributed by atoms with van der Waals surface area (Å²) in [7, 11) is 0. The van der Waals surface area contributed by atoms with Gasteiger partial charge in [0.05, 0.1) is 16.5 Å². The predicted octanol–water partition coefficient (Wildman–Crippen LogP) is 5.40. The van der Waals surface area contributed by atoms with Gasteiger partial charge in [-0.05, 0) is 43.0 Å². The second-order valence-electron chi connectivity index (χ2n) is 7.95. The van der Waals surface area contributed by atoms with Gasteiger partial charge in [-0.3, -0.25) is 9.59 Å². The van der Waals surface area contributed by atoms with Gasteiger partial charge in [0.15, 0.2) is 0 Å². The van der Waals surface area contributed by atoms with E-state index in [-0.39, 0.29) is 24.3 Å². The molecule has 2 amide bonds. The molecule has 30 heavy (non-hydrogen) atoms. The molecule has 2 aromatic carbocycles. The normalized spacial score (nSPS) is 15.4. The van der Waals surface area contributed by atoms with E-state index in [1.165, 1.54) is 6.42 Å². The summed E-state index contributed by atoms with van der Waals surface area (Å²) in [6.07, 6.45) is 5.68. The molecule has 3 rings (SSSR count). The quantitative estimate of drug-likeness (QED) is 0.618. The third kappa shape index (κ3) is 6.23. The average Bonchev–Trinajstić information content (AvgIpc) is 2.75. The Morgan fingerprint density at radius 1 is 1.00 bits per heavy atom. The summed E-state index contributed by atoms with van der Waals surface area (Å²) < 4.78 is 0. The molecule has 1 atom stereocenters. The molecule has 1 aliphatic carbocycles. The fourth-order valence-corrected chi connectivity index (χ4v) is 4.18. The molecular weight excluding hydrogens is 419 g/mol. The van der Waals surface area contributed by atoms with Crippen LogP contribution in [0.25, 0.3) is 0 Å². The number of halogens is 2. The second-order valence-corrected chi connectivity index (χ2v) is 8.77. The Kier molecular flexibility index (Phi) is 8.17. The molecule has 0 aliphatic heterocycles. The first kappa shape index (κ1) is 22.6. The van der Waals surface area contributed by atoms with Crippen molar-refractivity contribution >= 4 is 35.0 Å². The molecule has 1 aliphatic rings. The van der Waals surface area contributed by atoms with Crippen LogP contribution in [0.5, 0.6) is 0 Å². The minimum atomic E-state index is -0.567. The molecule has 1 N–H and O–H groups in total. The van der Waals surface area contributed by atoms with Crippen LogP contribution in [0.1, 0.15) is 50.2 Å². The van der Waals surface area contributed by atoms with Gasteiger partial charge in [0.25, 0.3) is 0 Å². The number of hydrogen-bond acceptors (Lipinski definition) is 2. The van der Waals surface area contributed by atoms with E-state index in [1.807, 2.05) is 30.3 Å². The van der Waals surface area contributed by atoms with Gasteiger partial charge in [-0.1, -0.05) is 78.9 Å². The Balaban J connectivity index is 1.75. The fourth-order valence-electron chi connectivity index (χ4n) is 3.86. The molecule has 160 valence electrons. The van der Waals surface area contributed by atoms with E-state index in [1.54, 1.807) is 30.0 Å². The highest BCUT2D eigenvalue weighted by Crippen LogP contribution is 2.24. The third-order valence-corrected chi connectivity index (χ3v) is 6.39. The van der Waals surface area contributed by atoms with Crippen molar-refractivity contribution in [3.63, 3.8) is 0 Å². The Labute approximate surface area is 188 Å². The minimum Gasteiger partial charge on any atom is -0.352 e. The molecule has 1 saturated carbocycles. The van der Waals surface area contributed by atoms with Crippen LogP contribution in [0.3, 0.4) is 0 Å². The zero-order chi connectivity index (χ0) is 21.5. The monoisotopic (exact) mass is 446 g/mol. The van der Waals surface area contributed by atoms with E-state index in [4.69, 9.17) is 23.2 Å². The molecule has 0 heterocycles. The first-order chi connectivity index (χ1) is 14.4. The van der Waals surface area contributed by atoms with Gasteiger partial charge >= 0.3 is 0 Å². The first-order valence-corrected chi connectivity index (χ1v) is 11.3. The van der Waals surface area contributed by atoms with Crippen LogP contribution >= 0.6 is 23.2 Å². The molecule has 1 fully saturated rings. The highest BCUT2D eigenvalue weighted by atomic mass is 35.5. The molecule has 1 unspecified atom stereocenters. The van der Waals surface area contributed by atoms with Crippen molar-refractivity contribution in [1.29, 1.82) is 0 Å². The maximum Gasteiger partial charge on any atom is 0.242 e. The number of rotatable bonds is 7. The van der Waals surface area contributed by atoms with Gasteiger partial charge in [-0.15, -0.1) is 0 Å². The molecular formula is C24H28Cl2N2O2. The number of benzene rings is 2. The molecule has 0 bridgehead atoms. The van der Waals surface area contributed by atoms with Gasteiger partial charge in [0.1, 0.15) is 6.04 Å². The van der Waals surface area contributed by atoms with E-state index < -0.39 is 6.04 Å². The number of carbonyl (C=O) groups is 2. The fraction of sp³-hybridized carbons (Fsp3) is 0.417. The lowest BCUT2D eigenvalue weighted by atomic mass is 9.95. The number of hydrogen-bond donors (Lipinski definition) is 1. The van der Waals surface area contributed by atoms with Gasteiger partial charge in [0, 0.05) is 12.6 Å². The summed E-state index contributed by atoms with van der Waals surface area (Å²) in [4.78, 5) is 27.8. The van der Waals surface area contributed by atoms with Crippen LogP contribution in [0, 0.1) is 0 Å². The largest absolute Gasteiger partial charge is 0.352 e. The molecule has 2 aromatic rings. The summed E-state index contributed by atoms with van der Waals surface area (Å²) in [5.41, 5.74) is 1.75. The molecule has 0 aromatic heterocycles. The van der Waals surface area contributed by atoms with Crippen molar-refractivity contribution in [2.75, 3.05) is 0 Å². The Morgan fingerprint density at radius 2 is 1.70 bits per heavy atom. The van der Waals surface area contributed by atoms with Crippen LogP contribution in [-0.4, -0.2) is 28.8 Å². The van der Waals surface area contributed by atoms with E-state index in [9.17, 15) is 9.59 Å². The van der Waals surface area contributed by atoms with Crippen molar-refractivity contribution in [2.45, 2.75) is 64.1 Å². The standard InChI is InChI=1S/C24H28Cl2N2O2/c1-17(24(30)27-20-10-6-3-7-11-20)28(16-18-8-4-2-5-9-18)23(29)15-19-12-13-21(25)22(26)14-19/h2,4-5,8-9,12-14,17,20H,3,6-7,10-11,15-16H2,1H3,(H,27,30). The maximum absolute atomic E-state index is 13.2. The van der Waals surface area contributed by atoms with E-state index in [2.05, 4.69) is 5.32 Å². The Bertz CT molecular complexity index is 867. The van der Waals surface area contributed by atoms with Crippen molar-refractivity contribution in [3.8, 4) is 0 Å². The molecule has 6 heteroatoms. The number of nitrogens with one attached hydrogen (secondary N) is 1. The number of amides is 2. The van der Waals surface area contributed by atoms with Gasteiger partial charge in [0.2, 0.25) is 11.8 Å². The zero-order valence-corrected chi connectivity index (χ0v) is 18.8. The zero-order valence-electron chi connectivity index (χ0n) is 17.2. The van der Waals surface area contributed by atoms with Crippen LogP contribution in [0.15, 0.2) is 48.5 Å². The molecule has 0 saturated heterocycles. The predicted molar refractivity (Wildman–Crippen MR) is 122 cm³/mol. The lowest BCUT2D eigenvalue weighted by Crippen LogP contribution is -2.50. The van der Waals surface area contributed by atoms with Crippen LogP contribution in [-0.2, 0) is 22.6 Å². The third-order valence-electron chi connectivity index (χ3n) is 5.65. The molecule has 0 spiro atoms.